The van der Waals surface area contributed by atoms with Crippen LogP contribution in [-0.2, 0) is 4.74 Å². The molecule has 0 aliphatic carbocycles. The van der Waals surface area contributed by atoms with Crippen LogP contribution in [0.3, 0.4) is 0 Å². The number of nitrogens with one attached hydrogen (secondary N) is 1. The summed E-state index contributed by atoms with van der Waals surface area (Å²) in [5.74, 6) is 3.08. The molecule has 0 atom stereocenters. The van der Waals surface area contributed by atoms with Gasteiger partial charge in [0.05, 0.1) is 19.3 Å². The number of ether oxygens (including phenoxy) is 1. The van der Waals surface area contributed by atoms with E-state index < -0.39 is 0 Å². The maximum absolute atomic E-state index is 7.22. The third-order valence-corrected chi connectivity index (χ3v) is 3.63. The maximum Gasteiger partial charge on any atom is 0.234 e. The molecule has 102 valence electrons. The van der Waals surface area contributed by atoms with Gasteiger partial charge in [0, 0.05) is 38.5 Å². The molecule has 0 saturated carbocycles. The first-order valence-electron chi connectivity index (χ1n) is 6.80. The van der Waals surface area contributed by atoms with Gasteiger partial charge in [-0.05, 0) is 6.42 Å². The van der Waals surface area contributed by atoms with Gasteiger partial charge in [0.25, 0.3) is 0 Å². The number of hydrogen-bond donors (Lipinski definition) is 2. The zero-order chi connectivity index (χ0) is 13.1. The van der Waals surface area contributed by atoms with Gasteiger partial charge in [0.1, 0.15) is 5.84 Å². The van der Waals surface area contributed by atoms with Gasteiger partial charge in [-0.15, -0.1) is 0 Å². The van der Waals surface area contributed by atoms with Gasteiger partial charge in [-0.2, -0.15) is 4.99 Å². The molecule has 6 nitrogen and oxygen atoms in total. The number of likely N-dealkylation sites (tertiary alicyclic amines) is 1. The van der Waals surface area contributed by atoms with Crippen LogP contribution in [0.5, 0.6) is 0 Å². The van der Waals surface area contributed by atoms with Crippen LogP contribution in [0.1, 0.15) is 6.42 Å². The van der Waals surface area contributed by atoms with E-state index >= 15 is 0 Å². The predicted molar refractivity (Wildman–Crippen MR) is 72.9 cm³/mol. The molecule has 3 rings (SSSR count). The Labute approximate surface area is 112 Å². The molecule has 0 radical (unpaired) electrons. The van der Waals surface area contributed by atoms with Crippen molar-refractivity contribution in [1.29, 1.82) is 5.41 Å². The number of nitrogens with two attached hydrogens (primary N) is 1. The summed E-state index contributed by atoms with van der Waals surface area (Å²) in [7, 11) is 0. The van der Waals surface area contributed by atoms with Gasteiger partial charge >= 0.3 is 0 Å². The summed E-state index contributed by atoms with van der Waals surface area (Å²) in [5.41, 5.74) is 0. The van der Waals surface area contributed by atoms with Gasteiger partial charge in [-0.3, -0.25) is 5.32 Å². The predicted octanol–water partition coefficient (Wildman–Crippen LogP) is -0.668. The second-order valence-electron chi connectivity index (χ2n) is 4.88. The van der Waals surface area contributed by atoms with Crippen molar-refractivity contribution in [2.45, 2.75) is 6.42 Å². The van der Waals surface area contributed by atoms with E-state index in [0.717, 1.165) is 51.0 Å². The Balaban J connectivity index is 1.81. The molecule has 19 heavy (non-hydrogen) atoms. The van der Waals surface area contributed by atoms with Gasteiger partial charge in [-0.25, -0.2) is 0 Å². The van der Waals surface area contributed by atoms with Gasteiger partial charge in [0.15, 0.2) is 0 Å². The van der Waals surface area contributed by atoms with E-state index in [-0.39, 0.29) is 0 Å². The fourth-order valence-electron chi connectivity index (χ4n) is 2.40. The quantitative estimate of drug-likeness (QED) is 0.649. The molecule has 0 amide bonds. The first-order chi connectivity index (χ1) is 9.36. The minimum atomic E-state index is 0.783. The molecular weight excluding hydrogens is 242 g/mol. The number of nitrogens with zero attached hydrogens (tertiary/aromatic N) is 3. The number of amidine groups is 1. The fourth-order valence-corrected chi connectivity index (χ4v) is 2.40. The third-order valence-electron chi connectivity index (χ3n) is 3.63. The van der Waals surface area contributed by atoms with Gasteiger partial charge in [0.2, 0.25) is 11.6 Å². The van der Waals surface area contributed by atoms with Crippen molar-refractivity contribution >= 4 is 12.1 Å². The molecule has 3 heterocycles. The summed E-state index contributed by atoms with van der Waals surface area (Å²) in [4.78, 5) is 9.21. The first kappa shape index (κ1) is 12.4. The van der Waals surface area contributed by atoms with E-state index in [9.17, 15) is 0 Å². The fraction of sp³-hybridized carbons (Fsp3) is 0.538. The summed E-state index contributed by atoms with van der Waals surface area (Å²) in [6.07, 6.45) is 6.44. The van der Waals surface area contributed by atoms with Crippen molar-refractivity contribution in [2.75, 3.05) is 39.4 Å². The lowest BCUT2D eigenvalue weighted by atomic mass is 10.2. The minimum Gasteiger partial charge on any atom is -0.378 e. The average Bonchev–Trinajstić information content (AvgIpc) is 2.38. The van der Waals surface area contributed by atoms with Crippen LogP contribution in [0.2, 0.25) is 0 Å². The van der Waals surface area contributed by atoms with E-state index in [4.69, 9.17) is 10.1 Å². The van der Waals surface area contributed by atoms with Crippen molar-refractivity contribution in [3.05, 3.63) is 23.8 Å². The molecule has 0 aromatic carbocycles. The Bertz CT molecular complexity index is 444. The van der Waals surface area contributed by atoms with Crippen molar-refractivity contribution in [2.24, 2.45) is 4.99 Å². The number of allylic oxidation sites excluding steroid dienone is 1. The standard InChI is InChI=1S/C13H19N5O/c14-3-2-11-15-12(17-4-1-5-17)10-13(16-11)18-6-8-19-9-7-18/h2-3,10,14,16H,1,4-9H2/p+1. The summed E-state index contributed by atoms with van der Waals surface area (Å²) in [5, 5.41) is 9.28. The Kier molecular flexibility index (Phi) is 3.61. The molecular formula is C13H20N5O+. The minimum absolute atomic E-state index is 0.783. The second-order valence-corrected chi connectivity index (χ2v) is 4.88. The highest BCUT2D eigenvalue weighted by atomic mass is 16.5. The Morgan fingerprint density at radius 1 is 1.21 bits per heavy atom. The second kappa shape index (κ2) is 5.54. The van der Waals surface area contributed by atoms with Crippen LogP contribution < -0.4 is 5.32 Å². The number of quaternary nitrogens is 1. The molecule has 3 N–H and O–H groups in total. The van der Waals surface area contributed by atoms with Gasteiger partial charge in [-0.1, -0.05) is 0 Å². The smallest absolute Gasteiger partial charge is 0.234 e. The lowest BCUT2D eigenvalue weighted by Gasteiger charge is -2.35. The zero-order valence-corrected chi connectivity index (χ0v) is 11.0. The van der Waals surface area contributed by atoms with E-state index in [1.165, 1.54) is 18.5 Å². The topological polar surface area (TPSA) is 68.5 Å². The highest BCUT2D eigenvalue weighted by molar-refractivity contribution is 5.95. The molecule has 0 bridgehead atoms. The van der Waals surface area contributed by atoms with Crippen molar-refractivity contribution in [3.8, 4) is 0 Å². The maximum atomic E-state index is 7.22. The molecule has 2 saturated heterocycles. The molecule has 2 fully saturated rings. The normalized spacial score (nSPS) is 25.8. The number of morpholine rings is 1. The Morgan fingerprint density at radius 2 is 2.00 bits per heavy atom. The molecule has 3 aliphatic rings. The molecule has 3 aliphatic heterocycles. The Morgan fingerprint density at radius 3 is 2.63 bits per heavy atom. The zero-order valence-electron chi connectivity index (χ0n) is 11.0. The van der Waals surface area contributed by atoms with Crippen LogP contribution in [0.25, 0.3) is 0 Å². The monoisotopic (exact) mass is 262 g/mol. The van der Waals surface area contributed by atoms with E-state index in [1.807, 2.05) is 0 Å². The van der Waals surface area contributed by atoms with Crippen LogP contribution >= 0.6 is 0 Å². The summed E-state index contributed by atoms with van der Waals surface area (Å²) < 4.78 is 5.40. The molecule has 0 aromatic heterocycles. The lowest BCUT2D eigenvalue weighted by molar-refractivity contribution is -0.574. The summed E-state index contributed by atoms with van der Waals surface area (Å²) in [6, 6.07) is 0. The number of aliphatic imine (C=N–C) groups is 1. The summed E-state index contributed by atoms with van der Waals surface area (Å²) >= 11 is 0. The van der Waals surface area contributed by atoms with Crippen LogP contribution in [0, 0.1) is 5.41 Å². The molecule has 6 heteroatoms. The van der Waals surface area contributed by atoms with Crippen molar-refractivity contribution in [3.63, 3.8) is 0 Å². The molecule has 0 unspecified atom stereocenters. The third kappa shape index (κ3) is 2.69. The van der Waals surface area contributed by atoms with Crippen LogP contribution in [-0.4, -0.2) is 61.2 Å². The molecule has 0 aromatic rings. The van der Waals surface area contributed by atoms with E-state index in [2.05, 4.69) is 26.2 Å². The van der Waals surface area contributed by atoms with Crippen LogP contribution in [0.4, 0.5) is 0 Å². The van der Waals surface area contributed by atoms with Gasteiger partial charge < -0.3 is 19.9 Å². The largest absolute Gasteiger partial charge is 0.378 e. The van der Waals surface area contributed by atoms with Crippen molar-refractivity contribution < 1.29 is 10.1 Å². The number of hydrogen-bond acceptors (Lipinski definition) is 5. The number of rotatable bonds is 2. The Hall–Kier alpha value is -1.66. The van der Waals surface area contributed by atoms with E-state index in [0.29, 0.717) is 0 Å². The van der Waals surface area contributed by atoms with Crippen LogP contribution in [0.15, 0.2) is 28.8 Å². The highest BCUT2D eigenvalue weighted by Crippen LogP contribution is 2.13. The highest BCUT2D eigenvalue weighted by Gasteiger charge is 2.26. The lowest BCUT2D eigenvalue weighted by Crippen LogP contribution is -2.84. The molecule has 0 spiro atoms. The van der Waals surface area contributed by atoms with E-state index in [1.54, 1.807) is 6.08 Å². The average molecular weight is 262 g/mol. The SMILES string of the molecule is N=CC=C1N=C(N2CCC2)C=C(N2CCOCC2)[NH2+]1. The summed E-state index contributed by atoms with van der Waals surface area (Å²) in [6.45, 7) is 5.59. The first-order valence-corrected chi connectivity index (χ1v) is 6.80. The van der Waals surface area contributed by atoms with Crippen molar-refractivity contribution in [1.82, 2.24) is 9.80 Å².